The first-order valence-electron chi connectivity index (χ1n) is 9.22. The van der Waals surface area contributed by atoms with Gasteiger partial charge >= 0.3 is 5.97 Å². The van der Waals surface area contributed by atoms with E-state index in [0.717, 1.165) is 18.9 Å². The number of benzene rings is 1. The van der Waals surface area contributed by atoms with Crippen molar-refractivity contribution in [1.82, 2.24) is 5.32 Å². The van der Waals surface area contributed by atoms with Crippen LogP contribution in [0.5, 0.6) is 11.5 Å². The van der Waals surface area contributed by atoms with Gasteiger partial charge in [0.25, 0.3) is 11.6 Å². The number of rotatable bonds is 7. The van der Waals surface area contributed by atoms with Crippen molar-refractivity contribution in [3.8, 4) is 11.5 Å². The molecule has 2 aliphatic rings. The normalized spacial score (nSPS) is 16.1. The summed E-state index contributed by atoms with van der Waals surface area (Å²) in [7, 11) is 0. The summed E-state index contributed by atoms with van der Waals surface area (Å²) >= 11 is 0. The third-order valence-corrected chi connectivity index (χ3v) is 4.78. The molecule has 1 aliphatic heterocycles. The number of nitrogens with one attached hydrogen (secondary N) is 1. The number of carbonyl (C=O) groups excluding carboxylic acids is 2. The highest BCUT2D eigenvalue weighted by Crippen LogP contribution is 2.38. The molecule has 1 aromatic rings. The molecule has 1 heterocycles. The van der Waals surface area contributed by atoms with Gasteiger partial charge in [0.05, 0.1) is 16.6 Å². The molecule has 0 saturated heterocycles. The Morgan fingerprint density at radius 1 is 1.21 bits per heavy atom. The molecular formula is C19H22N2O7. The Kier molecular flexibility index (Phi) is 6.46. The van der Waals surface area contributed by atoms with Crippen LogP contribution in [0.15, 0.2) is 18.2 Å². The lowest BCUT2D eigenvalue weighted by Crippen LogP contribution is -2.33. The second kappa shape index (κ2) is 9.20. The van der Waals surface area contributed by atoms with Gasteiger partial charge in [0, 0.05) is 12.6 Å². The number of hydrogen-bond donors (Lipinski definition) is 1. The molecule has 1 fully saturated rings. The van der Waals surface area contributed by atoms with Gasteiger partial charge in [0.2, 0.25) is 6.79 Å². The summed E-state index contributed by atoms with van der Waals surface area (Å²) in [6.45, 7) is 0.187. The van der Waals surface area contributed by atoms with Gasteiger partial charge in [0.15, 0.2) is 18.1 Å². The van der Waals surface area contributed by atoms with Gasteiger partial charge in [-0.1, -0.05) is 19.3 Å². The van der Waals surface area contributed by atoms with Gasteiger partial charge < -0.3 is 19.5 Å². The highest BCUT2D eigenvalue weighted by Gasteiger charge is 2.22. The molecule has 1 aromatic carbocycles. The van der Waals surface area contributed by atoms with E-state index in [-0.39, 0.29) is 36.3 Å². The Bertz CT molecular complexity index is 785. The molecule has 0 aromatic heterocycles. The Labute approximate surface area is 161 Å². The number of nitro groups is 1. The summed E-state index contributed by atoms with van der Waals surface area (Å²) in [5.41, 5.74) is -0.0496. The van der Waals surface area contributed by atoms with E-state index in [0.29, 0.717) is 18.2 Å². The average molecular weight is 390 g/mol. The van der Waals surface area contributed by atoms with Crippen molar-refractivity contribution in [3.05, 3.63) is 33.9 Å². The number of fused-ring (bicyclic) bond motifs is 1. The molecular weight excluding hydrogens is 368 g/mol. The zero-order valence-corrected chi connectivity index (χ0v) is 15.3. The van der Waals surface area contributed by atoms with Crippen LogP contribution in [0.2, 0.25) is 0 Å². The molecule has 1 N–H and O–H groups in total. The number of amides is 1. The second-order valence-electron chi connectivity index (χ2n) is 6.77. The van der Waals surface area contributed by atoms with Crippen molar-refractivity contribution >= 4 is 23.6 Å². The molecule has 0 spiro atoms. The molecule has 1 aliphatic carbocycles. The van der Waals surface area contributed by atoms with Crippen LogP contribution in [0, 0.1) is 16.0 Å². The summed E-state index contributed by atoms with van der Waals surface area (Å²) in [5, 5.41) is 14.0. The topological polar surface area (TPSA) is 117 Å². The summed E-state index contributed by atoms with van der Waals surface area (Å²) in [6.07, 6.45) is 8.13. The summed E-state index contributed by atoms with van der Waals surface area (Å²) < 4.78 is 15.2. The van der Waals surface area contributed by atoms with Crippen molar-refractivity contribution in [3.63, 3.8) is 0 Å². The van der Waals surface area contributed by atoms with Crippen molar-refractivity contribution in [2.75, 3.05) is 19.9 Å². The summed E-state index contributed by atoms with van der Waals surface area (Å²) in [4.78, 5) is 34.2. The maximum absolute atomic E-state index is 11.8. The van der Waals surface area contributed by atoms with Crippen LogP contribution in [0.1, 0.15) is 37.7 Å². The summed E-state index contributed by atoms with van der Waals surface area (Å²) in [6, 6.07) is 2.66. The molecule has 0 unspecified atom stereocenters. The first-order chi connectivity index (χ1) is 13.5. The van der Waals surface area contributed by atoms with Crippen LogP contribution >= 0.6 is 0 Å². The third kappa shape index (κ3) is 5.21. The minimum Gasteiger partial charge on any atom is -0.454 e. The lowest BCUT2D eigenvalue weighted by Gasteiger charge is -2.21. The van der Waals surface area contributed by atoms with E-state index in [1.165, 1.54) is 37.5 Å². The minimum absolute atomic E-state index is 0.0162. The van der Waals surface area contributed by atoms with Crippen molar-refractivity contribution in [2.24, 2.45) is 5.92 Å². The molecule has 0 bridgehead atoms. The second-order valence-corrected chi connectivity index (χ2v) is 6.77. The fourth-order valence-corrected chi connectivity index (χ4v) is 3.28. The van der Waals surface area contributed by atoms with Crippen molar-refractivity contribution in [2.45, 2.75) is 32.1 Å². The van der Waals surface area contributed by atoms with E-state index >= 15 is 0 Å². The molecule has 9 heteroatoms. The van der Waals surface area contributed by atoms with Gasteiger partial charge in [0.1, 0.15) is 0 Å². The molecule has 150 valence electrons. The molecule has 0 radical (unpaired) electrons. The standard InChI is InChI=1S/C19H22N2O7/c22-18(20-10-13-4-2-1-3-5-13)11-26-19(23)7-6-14-8-16-17(28-12-27-16)9-15(14)21(24)25/h6-9,13H,1-5,10-12H2,(H,20,22)/b7-6+. The predicted octanol–water partition coefficient (Wildman–Crippen LogP) is 2.58. The molecule has 0 atom stereocenters. The Hall–Kier alpha value is -3.10. The molecule has 28 heavy (non-hydrogen) atoms. The third-order valence-electron chi connectivity index (χ3n) is 4.78. The van der Waals surface area contributed by atoms with Crippen LogP contribution in [-0.4, -0.2) is 36.7 Å². The smallest absolute Gasteiger partial charge is 0.331 e. The van der Waals surface area contributed by atoms with Crippen LogP contribution in [0.3, 0.4) is 0 Å². The van der Waals surface area contributed by atoms with E-state index in [9.17, 15) is 19.7 Å². The maximum Gasteiger partial charge on any atom is 0.331 e. The zero-order chi connectivity index (χ0) is 19.9. The van der Waals surface area contributed by atoms with Crippen LogP contribution in [-0.2, 0) is 14.3 Å². The Balaban J connectivity index is 1.49. The van der Waals surface area contributed by atoms with Crippen molar-refractivity contribution in [1.29, 1.82) is 0 Å². The van der Waals surface area contributed by atoms with E-state index in [1.54, 1.807) is 0 Å². The van der Waals surface area contributed by atoms with Gasteiger partial charge in [-0.15, -0.1) is 0 Å². The lowest BCUT2D eigenvalue weighted by atomic mass is 9.89. The molecule has 1 amide bonds. The maximum atomic E-state index is 11.8. The monoisotopic (exact) mass is 390 g/mol. The van der Waals surface area contributed by atoms with Gasteiger partial charge in [-0.3, -0.25) is 14.9 Å². The molecule has 1 saturated carbocycles. The fraction of sp³-hybridized carbons (Fsp3) is 0.474. The van der Waals surface area contributed by atoms with Gasteiger partial charge in [-0.2, -0.15) is 0 Å². The average Bonchev–Trinajstić information content (AvgIpc) is 3.16. The number of nitrogens with zero attached hydrogens (tertiary/aromatic N) is 1. The van der Waals surface area contributed by atoms with Crippen LogP contribution in [0.25, 0.3) is 6.08 Å². The van der Waals surface area contributed by atoms with Crippen LogP contribution in [0.4, 0.5) is 5.69 Å². The number of hydrogen-bond acceptors (Lipinski definition) is 7. The highest BCUT2D eigenvalue weighted by atomic mass is 16.7. The van der Waals surface area contributed by atoms with Crippen molar-refractivity contribution < 1.29 is 28.7 Å². The SMILES string of the molecule is O=C(COC(=O)/C=C/c1cc2c(cc1[N+](=O)[O-])OCO2)NCC1CCCCC1. The minimum atomic E-state index is -0.764. The number of ether oxygens (including phenoxy) is 3. The van der Waals surface area contributed by atoms with E-state index in [2.05, 4.69) is 5.32 Å². The van der Waals surface area contributed by atoms with Gasteiger partial charge in [-0.25, -0.2) is 4.79 Å². The number of nitro benzene ring substituents is 1. The lowest BCUT2D eigenvalue weighted by molar-refractivity contribution is -0.385. The highest BCUT2D eigenvalue weighted by molar-refractivity contribution is 5.90. The Morgan fingerprint density at radius 2 is 1.93 bits per heavy atom. The van der Waals surface area contributed by atoms with Gasteiger partial charge in [-0.05, 0) is 30.9 Å². The predicted molar refractivity (Wildman–Crippen MR) is 98.8 cm³/mol. The van der Waals surface area contributed by atoms with E-state index < -0.39 is 10.9 Å². The summed E-state index contributed by atoms with van der Waals surface area (Å²) in [5.74, 6) is 0.00258. The largest absolute Gasteiger partial charge is 0.454 e. The van der Waals surface area contributed by atoms with E-state index in [4.69, 9.17) is 14.2 Å². The number of esters is 1. The quantitative estimate of drug-likeness (QED) is 0.329. The zero-order valence-electron chi connectivity index (χ0n) is 15.3. The first kappa shape index (κ1) is 19.7. The molecule has 3 rings (SSSR count). The fourth-order valence-electron chi connectivity index (χ4n) is 3.28. The molecule has 9 nitrogen and oxygen atoms in total. The van der Waals surface area contributed by atoms with E-state index in [1.807, 2.05) is 0 Å². The first-order valence-corrected chi connectivity index (χ1v) is 9.22. The van der Waals surface area contributed by atoms with Crippen LogP contribution < -0.4 is 14.8 Å². The Morgan fingerprint density at radius 3 is 2.64 bits per heavy atom. The number of carbonyl (C=O) groups is 2.